The molecule has 0 aliphatic heterocycles. The van der Waals surface area contributed by atoms with Crippen LogP contribution in [0.1, 0.15) is 4.88 Å². The number of thiophene rings is 1. The first-order valence-electron chi connectivity index (χ1n) is 3.65. The lowest BCUT2D eigenvalue weighted by Crippen LogP contribution is -1.78. The Bertz CT molecular complexity index is 452. The Morgan fingerprint density at radius 3 is 2.92 bits per heavy atom. The molecule has 13 heavy (non-hydrogen) atoms. The molecule has 0 amide bonds. The highest BCUT2D eigenvalue weighted by Crippen LogP contribution is 2.31. The summed E-state index contributed by atoms with van der Waals surface area (Å²) >= 11 is 6.89. The van der Waals surface area contributed by atoms with E-state index in [0.29, 0.717) is 3.57 Å². The molecule has 0 spiro atoms. The molecule has 0 aliphatic carbocycles. The van der Waals surface area contributed by atoms with Gasteiger partial charge in [0.2, 0.25) is 0 Å². The lowest BCUT2D eigenvalue weighted by molar-refractivity contribution is 0.634. The third kappa shape index (κ3) is 1.76. The Morgan fingerprint density at radius 1 is 1.46 bits per heavy atom. The second kappa shape index (κ2) is 3.82. The molecule has 4 heteroatoms. The molecule has 0 bridgehead atoms. The first-order valence-corrected chi connectivity index (χ1v) is 6.66. The molecule has 68 valence electrons. The fourth-order valence-electron chi connectivity index (χ4n) is 1.16. The molecule has 0 atom stereocenters. The highest BCUT2D eigenvalue weighted by Gasteiger charge is 2.08. The van der Waals surface area contributed by atoms with Gasteiger partial charge in [0.15, 0.2) is 5.82 Å². The first kappa shape index (κ1) is 9.86. The molecule has 0 unspecified atom stereocenters. The average Bonchev–Trinajstić information content (AvgIpc) is 2.55. The largest absolute Gasteiger partial charge is 0.204 e. The van der Waals surface area contributed by atoms with E-state index in [1.807, 2.05) is 40.8 Å². The van der Waals surface area contributed by atoms with Gasteiger partial charge in [-0.05, 0) is 40.1 Å². The number of benzene rings is 1. The lowest BCUT2D eigenvalue weighted by atomic mass is 10.2. The van der Waals surface area contributed by atoms with Crippen molar-refractivity contribution >= 4 is 59.9 Å². The van der Waals surface area contributed by atoms with E-state index >= 15 is 0 Å². The van der Waals surface area contributed by atoms with Gasteiger partial charge >= 0.3 is 0 Å². The van der Waals surface area contributed by atoms with Crippen LogP contribution in [0.3, 0.4) is 0 Å². The Kier molecular flexibility index (Phi) is 2.90. The van der Waals surface area contributed by atoms with Gasteiger partial charge in [-0.1, -0.05) is 22.0 Å². The van der Waals surface area contributed by atoms with Crippen LogP contribution in [0.15, 0.2) is 18.2 Å². The van der Waals surface area contributed by atoms with E-state index in [9.17, 15) is 4.39 Å². The normalized spacial score (nSPS) is 11.0. The zero-order chi connectivity index (χ0) is 9.42. The van der Waals surface area contributed by atoms with Crippen molar-refractivity contribution in [2.75, 3.05) is 0 Å². The van der Waals surface area contributed by atoms with E-state index in [1.54, 1.807) is 0 Å². The summed E-state index contributed by atoms with van der Waals surface area (Å²) in [6, 6.07) is 5.79. The van der Waals surface area contributed by atoms with Crippen molar-refractivity contribution in [3.8, 4) is 0 Å². The fraction of sp³-hybridized carbons (Fsp3) is 0.111. The summed E-state index contributed by atoms with van der Waals surface area (Å²) in [7, 11) is 0. The molecule has 1 aromatic heterocycles. The molecule has 0 aliphatic rings. The predicted molar refractivity (Wildman–Crippen MR) is 67.1 cm³/mol. The molecule has 0 radical (unpaired) electrons. The quantitative estimate of drug-likeness (QED) is 0.510. The summed E-state index contributed by atoms with van der Waals surface area (Å²) in [4.78, 5) is 1.16. The second-order valence-electron chi connectivity index (χ2n) is 2.63. The van der Waals surface area contributed by atoms with Crippen molar-refractivity contribution < 1.29 is 4.39 Å². The van der Waals surface area contributed by atoms with Crippen LogP contribution in [0.4, 0.5) is 4.39 Å². The van der Waals surface area contributed by atoms with Gasteiger partial charge in [-0.3, -0.25) is 0 Å². The first-order chi connectivity index (χ1) is 6.22. The third-order valence-electron chi connectivity index (χ3n) is 1.76. The zero-order valence-corrected chi connectivity index (χ0v) is 11.0. The van der Waals surface area contributed by atoms with E-state index in [1.165, 1.54) is 11.3 Å². The topological polar surface area (TPSA) is 0 Å². The molecule has 2 aromatic rings. The number of alkyl halides is 1. The van der Waals surface area contributed by atoms with Crippen molar-refractivity contribution in [1.82, 2.24) is 0 Å². The zero-order valence-electron chi connectivity index (χ0n) is 6.48. The average molecular weight is 371 g/mol. The SMILES string of the molecule is Fc1c(I)ccc2cc(CBr)sc12. The summed E-state index contributed by atoms with van der Waals surface area (Å²) < 4.78 is 15.0. The molecule has 1 aromatic carbocycles. The van der Waals surface area contributed by atoms with Gasteiger partial charge in [-0.2, -0.15) is 0 Å². The molecule has 0 nitrogen and oxygen atoms in total. The summed E-state index contributed by atoms with van der Waals surface area (Å²) in [5, 5.41) is 1.79. The van der Waals surface area contributed by atoms with Crippen molar-refractivity contribution in [3.05, 3.63) is 32.5 Å². The van der Waals surface area contributed by atoms with Crippen LogP contribution < -0.4 is 0 Å². The molecular weight excluding hydrogens is 366 g/mol. The van der Waals surface area contributed by atoms with E-state index in [2.05, 4.69) is 15.9 Å². The molecule has 0 saturated carbocycles. The summed E-state index contributed by atoms with van der Waals surface area (Å²) in [6.45, 7) is 0. The van der Waals surface area contributed by atoms with Gasteiger partial charge in [0.05, 0.1) is 8.27 Å². The maximum Gasteiger partial charge on any atom is 0.154 e. The van der Waals surface area contributed by atoms with Gasteiger partial charge in [0.25, 0.3) is 0 Å². The third-order valence-corrected chi connectivity index (χ3v) is 4.71. The standard InChI is InChI=1S/C9H5BrFIS/c10-4-6-3-5-1-2-7(12)8(11)9(5)13-6/h1-3H,4H2. The second-order valence-corrected chi connectivity index (χ2v) is 5.49. The van der Waals surface area contributed by atoms with E-state index in [0.717, 1.165) is 20.3 Å². The maximum absolute atomic E-state index is 13.5. The number of rotatable bonds is 1. The Labute approximate surface area is 101 Å². The van der Waals surface area contributed by atoms with Crippen molar-refractivity contribution in [1.29, 1.82) is 0 Å². The van der Waals surface area contributed by atoms with Crippen LogP contribution >= 0.6 is 49.9 Å². The minimum Gasteiger partial charge on any atom is -0.204 e. The molecule has 0 fully saturated rings. The monoisotopic (exact) mass is 370 g/mol. The van der Waals surface area contributed by atoms with Crippen molar-refractivity contribution in [2.45, 2.75) is 5.33 Å². The van der Waals surface area contributed by atoms with Crippen LogP contribution in [-0.2, 0) is 5.33 Å². The highest BCUT2D eigenvalue weighted by atomic mass is 127. The number of halogens is 3. The van der Waals surface area contributed by atoms with Crippen LogP contribution in [0.5, 0.6) is 0 Å². The smallest absolute Gasteiger partial charge is 0.154 e. The summed E-state index contributed by atoms with van der Waals surface area (Å²) in [5.41, 5.74) is 0. The number of fused-ring (bicyclic) bond motifs is 1. The Balaban J connectivity index is 2.76. The van der Waals surface area contributed by atoms with Crippen LogP contribution in [0.2, 0.25) is 0 Å². The van der Waals surface area contributed by atoms with E-state index in [-0.39, 0.29) is 5.82 Å². The molecule has 0 saturated heterocycles. The van der Waals surface area contributed by atoms with Gasteiger partial charge < -0.3 is 0 Å². The molecular formula is C9H5BrFIS. The number of hydrogen-bond acceptors (Lipinski definition) is 1. The van der Waals surface area contributed by atoms with Crippen molar-refractivity contribution in [2.24, 2.45) is 0 Å². The van der Waals surface area contributed by atoms with Gasteiger partial charge in [0, 0.05) is 10.2 Å². The number of hydrogen-bond donors (Lipinski definition) is 0. The summed E-state index contributed by atoms with van der Waals surface area (Å²) in [6.07, 6.45) is 0. The predicted octanol–water partition coefficient (Wildman–Crippen LogP) is 4.54. The minimum atomic E-state index is -0.0877. The molecule has 0 N–H and O–H groups in total. The lowest BCUT2D eigenvalue weighted by Gasteiger charge is -1.93. The Hall–Kier alpha value is 0.320. The molecule has 2 rings (SSSR count). The van der Waals surface area contributed by atoms with E-state index in [4.69, 9.17) is 0 Å². The minimum absolute atomic E-state index is 0.0877. The van der Waals surface area contributed by atoms with Crippen LogP contribution in [0, 0.1) is 9.39 Å². The Morgan fingerprint density at radius 2 is 2.23 bits per heavy atom. The fourth-order valence-corrected chi connectivity index (χ4v) is 3.25. The highest BCUT2D eigenvalue weighted by molar-refractivity contribution is 14.1. The van der Waals surface area contributed by atoms with Crippen molar-refractivity contribution in [3.63, 3.8) is 0 Å². The van der Waals surface area contributed by atoms with Crippen LogP contribution in [-0.4, -0.2) is 0 Å². The molecule has 1 heterocycles. The van der Waals surface area contributed by atoms with Gasteiger partial charge in [-0.25, -0.2) is 4.39 Å². The van der Waals surface area contributed by atoms with Crippen LogP contribution in [0.25, 0.3) is 10.1 Å². The summed E-state index contributed by atoms with van der Waals surface area (Å²) in [5.74, 6) is -0.0877. The van der Waals surface area contributed by atoms with Gasteiger partial charge in [-0.15, -0.1) is 11.3 Å². The van der Waals surface area contributed by atoms with Gasteiger partial charge in [0.1, 0.15) is 0 Å². The maximum atomic E-state index is 13.5. The van der Waals surface area contributed by atoms with E-state index < -0.39 is 0 Å².